The minimum Gasteiger partial charge on any atom is -0.385 e. The fourth-order valence-electron chi connectivity index (χ4n) is 2.29. The number of imide groups is 1. The third-order valence-corrected chi connectivity index (χ3v) is 3.70. The summed E-state index contributed by atoms with van der Waals surface area (Å²) in [7, 11) is 1.49. The molecule has 0 aliphatic carbocycles. The fraction of sp³-hybridized carbons (Fsp3) is 0.438. The zero-order valence-corrected chi connectivity index (χ0v) is 12.6. The molecule has 0 atom stereocenters. The Kier molecular flexibility index (Phi) is 3.99. The van der Waals surface area contributed by atoms with Crippen molar-refractivity contribution < 1.29 is 9.59 Å². The van der Waals surface area contributed by atoms with Crippen LogP contribution in [0.5, 0.6) is 0 Å². The van der Waals surface area contributed by atoms with Gasteiger partial charge in [0.05, 0.1) is 22.6 Å². The van der Waals surface area contributed by atoms with Gasteiger partial charge in [-0.2, -0.15) is 5.26 Å². The van der Waals surface area contributed by atoms with Crippen molar-refractivity contribution in [1.29, 1.82) is 5.26 Å². The lowest BCUT2D eigenvalue weighted by molar-refractivity contribution is 0.0693. The molecule has 1 heterocycles. The van der Waals surface area contributed by atoms with Gasteiger partial charge in [-0.1, -0.05) is 0 Å². The van der Waals surface area contributed by atoms with E-state index in [1.807, 2.05) is 13.8 Å². The van der Waals surface area contributed by atoms with Crippen LogP contribution in [0.2, 0.25) is 0 Å². The van der Waals surface area contributed by atoms with E-state index < -0.39 is 0 Å². The number of amides is 2. The third-order valence-electron chi connectivity index (χ3n) is 3.70. The second kappa shape index (κ2) is 5.57. The molecular weight excluding hydrogens is 266 g/mol. The standard InChI is InChI=1S/C16H19N3O2/c1-16(2,10-17)7-4-8-18-11-5-6-12-13(9-11)15(21)19(3)14(12)20/h5-6,9,18H,4,7-8H2,1-3H3. The van der Waals surface area contributed by atoms with Gasteiger partial charge in [0, 0.05) is 19.3 Å². The second-order valence-electron chi connectivity index (χ2n) is 5.96. The number of nitrogens with zero attached hydrogens (tertiary/aromatic N) is 2. The average Bonchev–Trinajstić information content (AvgIpc) is 2.68. The maximum absolute atomic E-state index is 11.9. The summed E-state index contributed by atoms with van der Waals surface area (Å²) >= 11 is 0. The molecule has 0 bridgehead atoms. The molecule has 0 saturated heterocycles. The first-order valence-electron chi connectivity index (χ1n) is 6.97. The van der Waals surface area contributed by atoms with Gasteiger partial charge in [0.1, 0.15) is 0 Å². The summed E-state index contributed by atoms with van der Waals surface area (Å²) in [5.74, 6) is -0.512. The molecule has 0 unspecified atom stereocenters. The van der Waals surface area contributed by atoms with E-state index in [9.17, 15) is 9.59 Å². The molecule has 1 N–H and O–H groups in total. The third kappa shape index (κ3) is 3.05. The number of carbonyl (C=O) groups excluding carboxylic acids is 2. The number of nitrogens with one attached hydrogen (secondary N) is 1. The van der Waals surface area contributed by atoms with Gasteiger partial charge in [-0.3, -0.25) is 14.5 Å². The lowest BCUT2D eigenvalue weighted by Gasteiger charge is -2.15. The average molecular weight is 285 g/mol. The fourth-order valence-corrected chi connectivity index (χ4v) is 2.29. The summed E-state index contributed by atoms with van der Waals surface area (Å²) < 4.78 is 0. The Bertz CT molecular complexity index is 629. The van der Waals surface area contributed by atoms with Gasteiger partial charge in [-0.25, -0.2) is 0 Å². The topological polar surface area (TPSA) is 73.2 Å². The van der Waals surface area contributed by atoms with Crippen molar-refractivity contribution in [3.8, 4) is 6.07 Å². The van der Waals surface area contributed by atoms with Crippen LogP contribution in [0.4, 0.5) is 5.69 Å². The van der Waals surface area contributed by atoms with Gasteiger partial charge in [0.25, 0.3) is 11.8 Å². The van der Waals surface area contributed by atoms with Crippen LogP contribution < -0.4 is 5.32 Å². The molecule has 1 aromatic carbocycles. The van der Waals surface area contributed by atoms with Crippen LogP contribution in [0.25, 0.3) is 0 Å². The van der Waals surface area contributed by atoms with Crippen molar-refractivity contribution in [3.63, 3.8) is 0 Å². The van der Waals surface area contributed by atoms with Crippen molar-refractivity contribution in [2.75, 3.05) is 18.9 Å². The number of hydrogen-bond acceptors (Lipinski definition) is 4. The predicted octanol–water partition coefficient (Wildman–Crippen LogP) is 2.65. The molecule has 0 spiro atoms. The van der Waals surface area contributed by atoms with E-state index in [1.165, 1.54) is 7.05 Å². The molecule has 2 amide bonds. The Morgan fingerprint density at radius 1 is 1.24 bits per heavy atom. The van der Waals surface area contributed by atoms with Gasteiger partial charge in [-0.05, 0) is 44.9 Å². The van der Waals surface area contributed by atoms with Crippen LogP contribution >= 0.6 is 0 Å². The normalized spacial score (nSPS) is 14.1. The van der Waals surface area contributed by atoms with E-state index in [-0.39, 0.29) is 17.2 Å². The van der Waals surface area contributed by atoms with Gasteiger partial charge in [0.2, 0.25) is 0 Å². The molecule has 1 aliphatic heterocycles. The van der Waals surface area contributed by atoms with E-state index >= 15 is 0 Å². The van der Waals surface area contributed by atoms with Crippen molar-refractivity contribution in [3.05, 3.63) is 29.3 Å². The first-order valence-corrected chi connectivity index (χ1v) is 6.97. The number of carbonyl (C=O) groups is 2. The largest absolute Gasteiger partial charge is 0.385 e. The molecule has 0 aromatic heterocycles. The highest BCUT2D eigenvalue weighted by atomic mass is 16.2. The highest BCUT2D eigenvalue weighted by Crippen LogP contribution is 2.25. The van der Waals surface area contributed by atoms with Crippen LogP contribution in [-0.4, -0.2) is 30.3 Å². The Balaban J connectivity index is 1.97. The molecule has 0 fully saturated rings. The van der Waals surface area contributed by atoms with Crippen LogP contribution in [0.3, 0.4) is 0 Å². The molecule has 5 heteroatoms. The number of benzene rings is 1. The minimum absolute atomic E-state index is 0.252. The van der Waals surface area contributed by atoms with Crippen LogP contribution in [0, 0.1) is 16.7 Å². The van der Waals surface area contributed by atoms with Crippen molar-refractivity contribution in [2.24, 2.45) is 5.41 Å². The van der Waals surface area contributed by atoms with Gasteiger partial charge < -0.3 is 5.32 Å². The number of fused-ring (bicyclic) bond motifs is 1. The van der Waals surface area contributed by atoms with Gasteiger partial charge >= 0.3 is 0 Å². The van der Waals surface area contributed by atoms with Crippen LogP contribution in [0.1, 0.15) is 47.4 Å². The van der Waals surface area contributed by atoms with E-state index in [2.05, 4.69) is 11.4 Å². The summed E-state index contributed by atoms with van der Waals surface area (Å²) in [6.45, 7) is 4.56. The second-order valence-corrected chi connectivity index (χ2v) is 5.96. The SMILES string of the molecule is CN1C(=O)c2ccc(NCCCC(C)(C)C#N)cc2C1=O. The van der Waals surface area contributed by atoms with E-state index in [1.54, 1.807) is 18.2 Å². The number of rotatable bonds is 5. The summed E-state index contributed by atoms with van der Waals surface area (Å²) in [5.41, 5.74) is 1.41. The maximum atomic E-state index is 11.9. The first kappa shape index (κ1) is 15.0. The number of anilines is 1. The van der Waals surface area contributed by atoms with Crippen molar-refractivity contribution >= 4 is 17.5 Å². The molecule has 0 radical (unpaired) electrons. The maximum Gasteiger partial charge on any atom is 0.261 e. The molecule has 21 heavy (non-hydrogen) atoms. The quantitative estimate of drug-likeness (QED) is 0.666. The molecular formula is C16H19N3O2. The van der Waals surface area contributed by atoms with E-state index in [0.29, 0.717) is 11.1 Å². The Hall–Kier alpha value is -2.35. The van der Waals surface area contributed by atoms with Crippen LogP contribution in [-0.2, 0) is 0 Å². The number of hydrogen-bond donors (Lipinski definition) is 1. The Morgan fingerprint density at radius 2 is 1.90 bits per heavy atom. The van der Waals surface area contributed by atoms with E-state index in [4.69, 9.17) is 5.26 Å². The van der Waals surface area contributed by atoms with Gasteiger partial charge in [-0.15, -0.1) is 0 Å². The summed E-state index contributed by atoms with van der Waals surface area (Å²) in [5, 5.41) is 12.2. The van der Waals surface area contributed by atoms with Crippen molar-refractivity contribution in [1.82, 2.24) is 4.90 Å². The molecule has 0 saturated carbocycles. The zero-order valence-electron chi connectivity index (χ0n) is 12.6. The van der Waals surface area contributed by atoms with Gasteiger partial charge in [0.15, 0.2) is 0 Å². The van der Waals surface area contributed by atoms with Crippen molar-refractivity contribution in [2.45, 2.75) is 26.7 Å². The molecule has 5 nitrogen and oxygen atoms in total. The Labute approximate surface area is 124 Å². The minimum atomic E-state index is -0.315. The molecule has 2 rings (SSSR count). The smallest absolute Gasteiger partial charge is 0.261 e. The first-order chi connectivity index (χ1) is 9.85. The number of nitriles is 1. The highest BCUT2D eigenvalue weighted by Gasteiger charge is 2.32. The lowest BCUT2D eigenvalue weighted by atomic mass is 9.90. The summed E-state index contributed by atoms with van der Waals surface area (Å²) in [6, 6.07) is 7.48. The molecule has 1 aromatic rings. The molecule has 110 valence electrons. The Morgan fingerprint density at radius 3 is 2.57 bits per heavy atom. The monoisotopic (exact) mass is 285 g/mol. The molecule has 1 aliphatic rings. The highest BCUT2D eigenvalue weighted by molar-refractivity contribution is 6.21. The summed E-state index contributed by atoms with van der Waals surface area (Å²) in [4.78, 5) is 24.8. The summed E-state index contributed by atoms with van der Waals surface area (Å²) in [6.07, 6.45) is 1.67. The zero-order chi connectivity index (χ0) is 15.6. The predicted molar refractivity (Wildman–Crippen MR) is 80.0 cm³/mol. The lowest BCUT2D eigenvalue weighted by Crippen LogP contribution is -2.24. The van der Waals surface area contributed by atoms with Crippen LogP contribution in [0.15, 0.2) is 18.2 Å². The van der Waals surface area contributed by atoms with E-state index in [0.717, 1.165) is 30.0 Å².